The molecule has 0 saturated carbocycles. The first kappa shape index (κ1) is 14.2. The zero-order valence-electron chi connectivity index (χ0n) is 9.39. The molecule has 0 spiro atoms. The SMILES string of the molecule is CCC(C)OP(=O)(O)Cc1ccc(I)cc1. The summed E-state index contributed by atoms with van der Waals surface area (Å²) in [6.07, 6.45) is 0.630. The van der Waals surface area contributed by atoms with Crippen molar-refractivity contribution in [2.45, 2.75) is 32.5 Å². The predicted molar refractivity (Wildman–Crippen MR) is 73.5 cm³/mol. The van der Waals surface area contributed by atoms with E-state index < -0.39 is 7.60 Å². The maximum Gasteiger partial charge on any atom is 0.332 e. The normalized spacial score (nSPS) is 16.8. The zero-order valence-corrected chi connectivity index (χ0v) is 12.4. The summed E-state index contributed by atoms with van der Waals surface area (Å²) >= 11 is 2.20. The van der Waals surface area contributed by atoms with Gasteiger partial charge >= 0.3 is 7.60 Å². The Kier molecular flexibility index (Phi) is 5.44. The zero-order chi connectivity index (χ0) is 12.2. The fourth-order valence-corrected chi connectivity index (χ4v) is 3.03. The van der Waals surface area contributed by atoms with Crippen LogP contribution in [0.2, 0.25) is 0 Å². The lowest BCUT2D eigenvalue weighted by atomic mass is 10.2. The van der Waals surface area contributed by atoms with Gasteiger partial charge in [-0.1, -0.05) is 19.1 Å². The van der Waals surface area contributed by atoms with Crippen LogP contribution in [-0.4, -0.2) is 11.0 Å². The molecule has 2 unspecified atom stereocenters. The lowest BCUT2D eigenvalue weighted by Gasteiger charge is -2.16. The molecular weight excluding hydrogens is 338 g/mol. The van der Waals surface area contributed by atoms with Gasteiger partial charge in [-0.25, -0.2) is 0 Å². The molecule has 3 nitrogen and oxygen atoms in total. The monoisotopic (exact) mass is 354 g/mol. The van der Waals surface area contributed by atoms with E-state index in [1.165, 1.54) is 0 Å². The molecule has 0 bridgehead atoms. The van der Waals surface area contributed by atoms with Crippen LogP contribution in [0.15, 0.2) is 24.3 Å². The highest BCUT2D eigenvalue weighted by Crippen LogP contribution is 2.47. The summed E-state index contributed by atoms with van der Waals surface area (Å²) in [5, 5.41) is 0. The first-order chi connectivity index (χ1) is 7.43. The fraction of sp³-hybridized carbons (Fsp3) is 0.455. The largest absolute Gasteiger partial charge is 0.332 e. The average Bonchev–Trinajstić information content (AvgIpc) is 2.20. The van der Waals surface area contributed by atoms with Crippen LogP contribution >= 0.6 is 30.2 Å². The molecule has 0 heterocycles. The van der Waals surface area contributed by atoms with Crippen LogP contribution in [0.25, 0.3) is 0 Å². The molecule has 0 radical (unpaired) electrons. The summed E-state index contributed by atoms with van der Waals surface area (Å²) < 4.78 is 18.0. The molecule has 1 aromatic rings. The van der Waals surface area contributed by atoms with E-state index in [-0.39, 0.29) is 12.3 Å². The Morgan fingerprint density at radius 3 is 2.50 bits per heavy atom. The van der Waals surface area contributed by atoms with Gasteiger partial charge in [-0.15, -0.1) is 0 Å². The Bertz CT molecular complexity index is 377. The Balaban J connectivity index is 2.65. The van der Waals surface area contributed by atoms with Gasteiger partial charge in [-0.2, -0.15) is 0 Å². The number of rotatable bonds is 5. The molecule has 2 atom stereocenters. The molecule has 0 saturated heterocycles. The smallest absolute Gasteiger partial charge is 0.324 e. The molecule has 1 N–H and O–H groups in total. The van der Waals surface area contributed by atoms with Crippen molar-refractivity contribution in [3.8, 4) is 0 Å². The van der Waals surface area contributed by atoms with Crippen molar-refractivity contribution in [1.29, 1.82) is 0 Å². The third-order valence-corrected chi connectivity index (χ3v) is 4.39. The van der Waals surface area contributed by atoms with E-state index in [1.54, 1.807) is 6.92 Å². The molecule has 1 aromatic carbocycles. The molecule has 0 aliphatic carbocycles. The quantitative estimate of drug-likeness (QED) is 0.647. The molecular formula is C11H16IO3P. The molecule has 90 valence electrons. The molecule has 1 rings (SSSR count). The Morgan fingerprint density at radius 2 is 2.00 bits per heavy atom. The number of benzene rings is 1. The Hall–Kier alpha value is 0.100. The summed E-state index contributed by atoms with van der Waals surface area (Å²) in [5.41, 5.74) is 0.828. The van der Waals surface area contributed by atoms with Crippen molar-refractivity contribution in [1.82, 2.24) is 0 Å². The van der Waals surface area contributed by atoms with Crippen molar-refractivity contribution in [2.75, 3.05) is 0 Å². The highest BCUT2D eigenvalue weighted by molar-refractivity contribution is 14.1. The van der Waals surface area contributed by atoms with Crippen LogP contribution in [0.5, 0.6) is 0 Å². The van der Waals surface area contributed by atoms with Gasteiger partial charge in [0.05, 0.1) is 12.3 Å². The summed E-state index contributed by atoms with van der Waals surface area (Å²) in [7, 11) is -3.50. The Labute approximate surface area is 110 Å². The average molecular weight is 354 g/mol. The van der Waals surface area contributed by atoms with Gasteiger partial charge in [0.1, 0.15) is 0 Å². The highest BCUT2D eigenvalue weighted by atomic mass is 127. The van der Waals surface area contributed by atoms with Gasteiger partial charge in [0.2, 0.25) is 0 Å². The van der Waals surface area contributed by atoms with Crippen LogP contribution in [0.3, 0.4) is 0 Å². The second-order valence-corrected chi connectivity index (χ2v) is 6.79. The lowest BCUT2D eigenvalue weighted by Crippen LogP contribution is -2.05. The first-order valence-electron chi connectivity index (χ1n) is 5.17. The van der Waals surface area contributed by atoms with E-state index in [9.17, 15) is 9.46 Å². The van der Waals surface area contributed by atoms with Crippen molar-refractivity contribution in [3.05, 3.63) is 33.4 Å². The van der Waals surface area contributed by atoms with Gasteiger partial charge in [-0.3, -0.25) is 4.57 Å². The highest BCUT2D eigenvalue weighted by Gasteiger charge is 2.22. The van der Waals surface area contributed by atoms with Crippen molar-refractivity contribution >= 4 is 30.2 Å². The minimum Gasteiger partial charge on any atom is -0.324 e. The van der Waals surface area contributed by atoms with Crippen LogP contribution in [0.4, 0.5) is 0 Å². The summed E-state index contributed by atoms with van der Waals surface area (Å²) in [6, 6.07) is 7.54. The van der Waals surface area contributed by atoms with Gasteiger partial charge in [0, 0.05) is 3.57 Å². The topological polar surface area (TPSA) is 46.5 Å². The van der Waals surface area contributed by atoms with E-state index in [2.05, 4.69) is 22.6 Å². The van der Waals surface area contributed by atoms with Gasteiger partial charge in [0.15, 0.2) is 0 Å². The number of hydrogen-bond acceptors (Lipinski definition) is 2. The minimum absolute atomic E-state index is 0.0776. The summed E-state index contributed by atoms with van der Waals surface area (Å²) in [4.78, 5) is 9.67. The first-order valence-corrected chi connectivity index (χ1v) is 8.02. The maximum atomic E-state index is 11.8. The van der Waals surface area contributed by atoms with Crippen LogP contribution < -0.4 is 0 Å². The van der Waals surface area contributed by atoms with Gasteiger partial charge < -0.3 is 9.42 Å². The van der Waals surface area contributed by atoms with Gasteiger partial charge in [-0.05, 0) is 53.6 Å². The third-order valence-electron chi connectivity index (χ3n) is 2.22. The van der Waals surface area contributed by atoms with Crippen molar-refractivity contribution in [2.24, 2.45) is 0 Å². The minimum atomic E-state index is -3.50. The molecule has 5 heteroatoms. The van der Waals surface area contributed by atoms with E-state index in [0.29, 0.717) is 0 Å². The molecule has 0 aromatic heterocycles. The molecule has 0 fully saturated rings. The van der Waals surface area contributed by atoms with Crippen LogP contribution in [0, 0.1) is 3.57 Å². The maximum absolute atomic E-state index is 11.8. The number of hydrogen-bond donors (Lipinski definition) is 1. The van der Waals surface area contributed by atoms with E-state index in [4.69, 9.17) is 4.52 Å². The van der Waals surface area contributed by atoms with Gasteiger partial charge in [0.25, 0.3) is 0 Å². The standard InChI is InChI=1S/C11H16IO3P/c1-3-9(2)15-16(13,14)8-10-4-6-11(12)7-5-10/h4-7,9H,3,8H2,1-2H3,(H,13,14). The van der Waals surface area contributed by atoms with E-state index in [1.807, 2.05) is 31.2 Å². The van der Waals surface area contributed by atoms with Crippen molar-refractivity contribution < 1.29 is 14.0 Å². The van der Waals surface area contributed by atoms with Crippen LogP contribution in [-0.2, 0) is 15.3 Å². The second kappa shape index (κ2) is 6.15. The third kappa shape index (κ3) is 4.95. The molecule has 0 amide bonds. The summed E-state index contributed by atoms with van der Waals surface area (Å²) in [6.45, 7) is 3.73. The molecule has 16 heavy (non-hydrogen) atoms. The predicted octanol–water partition coefficient (Wildman–Crippen LogP) is 3.79. The van der Waals surface area contributed by atoms with E-state index >= 15 is 0 Å². The Morgan fingerprint density at radius 1 is 1.44 bits per heavy atom. The molecule has 0 aliphatic heterocycles. The number of halogens is 1. The van der Waals surface area contributed by atoms with E-state index in [0.717, 1.165) is 15.6 Å². The fourth-order valence-electron chi connectivity index (χ4n) is 1.21. The lowest BCUT2D eigenvalue weighted by molar-refractivity contribution is 0.185. The van der Waals surface area contributed by atoms with Crippen molar-refractivity contribution in [3.63, 3.8) is 0 Å². The second-order valence-electron chi connectivity index (χ2n) is 3.75. The summed E-state index contributed by atoms with van der Waals surface area (Å²) in [5.74, 6) is 0. The molecule has 0 aliphatic rings. The van der Waals surface area contributed by atoms with Crippen LogP contribution in [0.1, 0.15) is 25.8 Å².